The zero-order valence-electron chi connectivity index (χ0n) is 12.8. The number of para-hydroxylation sites is 1. The molecule has 1 aromatic carbocycles. The summed E-state index contributed by atoms with van der Waals surface area (Å²) < 4.78 is 2.23. The first-order valence-electron chi connectivity index (χ1n) is 7.94. The Kier molecular flexibility index (Phi) is 4.11. The number of hydrogen-bond acceptors (Lipinski definition) is 4. The van der Waals surface area contributed by atoms with Crippen LogP contribution in [0.4, 0.5) is 0 Å². The van der Waals surface area contributed by atoms with Crippen molar-refractivity contribution in [2.45, 2.75) is 30.3 Å². The number of aryl methyl sites for hydroxylation is 1. The monoisotopic (exact) mass is 322 g/mol. The molecule has 1 saturated carbocycles. The fourth-order valence-electron chi connectivity index (χ4n) is 2.61. The minimum atomic E-state index is 0.581. The molecular formula is C18H18N4S. The van der Waals surface area contributed by atoms with E-state index in [2.05, 4.69) is 56.1 Å². The maximum absolute atomic E-state index is 4.46. The second kappa shape index (κ2) is 6.54. The first-order chi connectivity index (χ1) is 11.4. The van der Waals surface area contributed by atoms with Crippen LogP contribution in [-0.2, 0) is 6.42 Å². The number of nitrogens with zero attached hydrogens (tertiary/aromatic N) is 4. The minimum absolute atomic E-state index is 0.581. The summed E-state index contributed by atoms with van der Waals surface area (Å²) in [4.78, 5) is 4.06. The van der Waals surface area contributed by atoms with Crippen LogP contribution in [0.15, 0.2) is 60.0 Å². The summed E-state index contributed by atoms with van der Waals surface area (Å²) in [5, 5.41) is 9.90. The molecule has 0 bridgehead atoms. The topological polar surface area (TPSA) is 43.6 Å². The standard InChI is InChI=1S/C18H18N4S/c1-2-4-16(5-3-1)22-17(15-6-7-15)20-21-18(22)23-13-10-14-8-11-19-12-9-14/h1-5,8-9,11-12,15H,6-7,10,13H2. The average molecular weight is 322 g/mol. The van der Waals surface area contributed by atoms with Gasteiger partial charge in [-0.05, 0) is 49.1 Å². The summed E-state index contributed by atoms with van der Waals surface area (Å²) in [5.41, 5.74) is 2.46. The third-order valence-corrected chi connectivity index (χ3v) is 4.92. The van der Waals surface area contributed by atoms with Crippen molar-refractivity contribution in [3.63, 3.8) is 0 Å². The van der Waals surface area contributed by atoms with Crippen molar-refractivity contribution in [1.82, 2.24) is 19.7 Å². The van der Waals surface area contributed by atoms with Gasteiger partial charge in [-0.1, -0.05) is 30.0 Å². The predicted octanol–water partition coefficient (Wildman–Crippen LogP) is 3.87. The van der Waals surface area contributed by atoms with Crippen LogP contribution in [0, 0.1) is 0 Å². The van der Waals surface area contributed by atoms with Crippen LogP contribution in [0.2, 0.25) is 0 Å². The van der Waals surface area contributed by atoms with Crippen LogP contribution in [0.25, 0.3) is 5.69 Å². The van der Waals surface area contributed by atoms with Crippen LogP contribution in [0.5, 0.6) is 0 Å². The van der Waals surface area contributed by atoms with E-state index in [1.807, 2.05) is 18.5 Å². The second-order valence-electron chi connectivity index (χ2n) is 5.74. The van der Waals surface area contributed by atoms with Gasteiger partial charge in [0.2, 0.25) is 0 Å². The number of thioether (sulfide) groups is 1. The highest BCUT2D eigenvalue weighted by Crippen LogP contribution is 2.41. The lowest BCUT2D eigenvalue weighted by molar-refractivity contribution is 0.829. The van der Waals surface area contributed by atoms with E-state index in [9.17, 15) is 0 Å². The molecule has 0 radical (unpaired) electrons. The number of pyridine rings is 1. The highest BCUT2D eigenvalue weighted by Gasteiger charge is 2.30. The Morgan fingerprint density at radius 2 is 1.78 bits per heavy atom. The quantitative estimate of drug-likeness (QED) is 0.646. The molecule has 3 aromatic rings. The Morgan fingerprint density at radius 1 is 1.00 bits per heavy atom. The van der Waals surface area contributed by atoms with Gasteiger partial charge in [-0.15, -0.1) is 10.2 Å². The van der Waals surface area contributed by atoms with Gasteiger partial charge in [0.05, 0.1) is 0 Å². The van der Waals surface area contributed by atoms with Gasteiger partial charge in [-0.2, -0.15) is 0 Å². The minimum Gasteiger partial charge on any atom is -0.274 e. The number of aromatic nitrogens is 4. The Labute approximate surface area is 140 Å². The van der Waals surface area contributed by atoms with E-state index < -0.39 is 0 Å². The van der Waals surface area contributed by atoms with Gasteiger partial charge in [-0.25, -0.2) is 0 Å². The molecule has 0 spiro atoms. The van der Waals surface area contributed by atoms with Crippen molar-refractivity contribution in [2.24, 2.45) is 0 Å². The molecule has 23 heavy (non-hydrogen) atoms. The van der Waals surface area contributed by atoms with Gasteiger partial charge in [0, 0.05) is 29.8 Å². The number of benzene rings is 1. The molecule has 1 aliphatic rings. The van der Waals surface area contributed by atoms with Crippen molar-refractivity contribution in [3.05, 3.63) is 66.2 Å². The van der Waals surface area contributed by atoms with Gasteiger partial charge in [0.15, 0.2) is 5.16 Å². The van der Waals surface area contributed by atoms with E-state index in [4.69, 9.17) is 0 Å². The first kappa shape index (κ1) is 14.5. The molecule has 1 aliphatic carbocycles. The molecule has 1 fully saturated rings. The van der Waals surface area contributed by atoms with E-state index in [0.717, 1.165) is 28.8 Å². The van der Waals surface area contributed by atoms with E-state index >= 15 is 0 Å². The van der Waals surface area contributed by atoms with Gasteiger partial charge in [0.25, 0.3) is 0 Å². The fraction of sp³-hybridized carbons (Fsp3) is 0.278. The van der Waals surface area contributed by atoms with Gasteiger partial charge >= 0.3 is 0 Å². The third-order valence-electron chi connectivity index (χ3n) is 3.99. The molecule has 0 unspecified atom stereocenters. The van der Waals surface area contributed by atoms with Crippen molar-refractivity contribution in [1.29, 1.82) is 0 Å². The number of hydrogen-bond donors (Lipinski definition) is 0. The average Bonchev–Trinajstić information content (AvgIpc) is 3.37. The second-order valence-corrected chi connectivity index (χ2v) is 6.80. The molecule has 4 nitrogen and oxygen atoms in total. The molecule has 0 N–H and O–H groups in total. The predicted molar refractivity (Wildman–Crippen MR) is 92.0 cm³/mol. The largest absolute Gasteiger partial charge is 0.274 e. The Bertz CT molecular complexity index is 766. The zero-order valence-corrected chi connectivity index (χ0v) is 13.6. The van der Waals surface area contributed by atoms with Crippen LogP contribution >= 0.6 is 11.8 Å². The van der Waals surface area contributed by atoms with E-state index in [0.29, 0.717) is 5.92 Å². The molecule has 0 saturated heterocycles. The van der Waals surface area contributed by atoms with E-state index in [1.165, 1.54) is 18.4 Å². The van der Waals surface area contributed by atoms with Crippen LogP contribution < -0.4 is 0 Å². The summed E-state index contributed by atoms with van der Waals surface area (Å²) >= 11 is 1.77. The maximum atomic E-state index is 4.46. The summed E-state index contributed by atoms with van der Waals surface area (Å²) in [5.74, 6) is 2.68. The zero-order chi connectivity index (χ0) is 15.5. The summed E-state index contributed by atoms with van der Waals surface area (Å²) in [7, 11) is 0. The van der Waals surface area contributed by atoms with Crippen LogP contribution in [-0.4, -0.2) is 25.5 Å². The fourth-order valence-corrected chi connectivity index (χ4v) is 3.56. The molecule has 4 rings (SSSR count). The Hall–Kier alpha value is -2.14. The van der Waals surface area contributed by atoms with Crippen LogP contribution in [0.3, 0.4) is 0 Å². The summed E-state index contributed by atoms with van der Waals surface area (Å²) in [6.45, 7) is 0. The van der Waals surface area contributed by atoms with Crippen molar-refractivity contribution in [2.75, 3.05) is 5.75 Å². The summed E-state index contributed by atoms with van der Waals surface area (Å²) in [6, 6.07) is 14.6. The highest BCUT2D eigenvalue weighted by molar-refractivity contribution is 7.99. The lowest BCUT2D eigenvalue weighted by Crippen LogP contribution is -2.02. The molecule has 0 atom stereocenters. The Morgan fingerprint density at radius 3 is 2.52 bits per heavy atom. The first-order valence-corrected chi connectivity index (χ1v) is 8.93. The van der Waals surface area contributed by atoms with Crippen molar-refractivity contribution < 1.29 is 0 Å². The lowest BCUT2D eigenvalue weighted by Gasteiger charge is -2.09. The maximum Gasteiger partial charge on any atom is 0.195 e. The van der Waals surface area contributed by atoms with Gasteiger partial charge in [-0.3, -0.25) is 9.55 Å². The van der Waals surface area contributed by atoms with Crippen molar-refractivity contribution in [3.8, 4) is 5.69 Å². The Balaban J connectivity index is 1.54. The normalized spacial score (nSPS) is 14.1. The molecule has 116 valence electrons. The van der Waals surface area contributed by atoms with Crippen molar-refractivity contribution >= 4 is 11.8 Å². The number of rotatable bonds is 6. The van der Waals surface area contributed by atoms with Crippen LogP contribution in [0.1, 0.15) is 30.1 Å². The molecule has 2 heterocycles. The van der Waals surface area contributed by atoms with E-state index in [-0.39, 0.29) is 0 Å². The van der Waals surface area contributed by atoms with Gasteiger partial charge in [0.1, 0.15) is 5.82 Å². The molecule has 0 amide bonds. The molecule has 5 heteroatoms. The van der Waals surface area contributed by atoms with Gasteiger partial charge < -0.3 is 0 Å². The SMILES string of the molecule is c1ccc(-n2c(SCCc3ccncc3)nnc2C2CC2)cc1. The molecule has 0 aliphatic heterocycles. The summed E-state index contributed by atoms with van der Waals surface area (Å²) in [6.07, 6.45) is 7.15. The molecule has 2 aromatic heterocycles. The third kappa shape index (κ3) is 3.29. The highest BCUT2D eigenvalue weighted by atomic mass is 32.2. The smallest absolute Gasteiger partial charge is 0.195 e. The van der Waals surface area contributed by atoms with E-state index in [1.54, 1.807) is 11.8 Å². The lowest BCUT2D eigenvalue weighted by atomic mass is 10.2. The molecular weight excluding hydrogens is 304 g/mol.